The van der Waals surface area contributed by atoms with Crippen molar-refractivity contribution in [2.45, 2.75) is 26.3 Å². The molecule has 0 heterocycles. The van der Waals surface area contributed by atoms with Gasteiger partial charge in [0.25, 0.3) is 5.91 Å². The second-order valence-electron chi connectivity index (χ2n) is 7.06. The number of rotatable bonds is 5. The highest BCUT2D eigenvalue weighted by molar-refractivity contribution is 5.98. The zero-order valence-corrected chi connectivity index (χ0v) is 16.3. The summed E-state index contributed by atoms with van der Waals surface area (Å²) in [5.41, 5.74) is 0.330. The molecule has 0 aliphatic heterocycles. The van der Waals surface area contributed by atoms with Crippen molar-refractivity contribution in [3.05, 3.63) is 54.1 Å². The van der Waals surface area contributed by atoms with E-state index >= 15 is 0 Å². The van der Waals surface area contributed by atoms with Crippen molar-refractivity contribution in [1.29, 1.82) is 0 Å². The predicted octanol–water partition coefficient (Wildman–Crippen LogP) is 3.59. The first-order valence-corrected chi connectivity index (χ1v) is 8.73. The van der Waals surface area contributed by atoms with Gasteiger partial charge in [-0.05, 0) is 57.2 Å². The Kier molecular flexibility index (Phi) is 7.02. The van der Waals surface area contributed by atoms with Crippen LogP contribution in [0.3, 0.4) is 0 Å². The van der Waals surface area contributed by atoms with E-state index in [9.17, 15) is 19.5 Å². The second-order valence-corrected chi connectivity index (χ2v) is 7.06. The molecule has 0 aliphatic carbocycles. The maximum Gasteiger partial charge on any atom is 0.340 e. The van der Waals surface area contributed by atoms with Gasteiger partial charge in [0.1, 0.15) is 11.4 Å². The minimum absolute atomic E-state index is 0.0994. The van der Waals surface area contributed by atoms with Crippen LogP contribution < -0.4 is 10.6 Å². The molecule has 2 aromatic rings. The third-order valence-electron chi connectivity index (χ3n) is 3.32. The Morgan fingerprint density at radius 1 is 1.00 bits per heavy atom. The van der Waals surface area contributed by atoms with Crippen LogP contribution in [0, 0.1) is 0 Å². The van der Waals surface area contributed by atoms with Crippen LogP contribution in [0.15, 0.2) is 58.8 Å². The monoisotopic (exact) mass is 398 g/mol. The van der Waals surface area contributed by atoms with Crippen LogP contribution in [0.1, 0.15) is 31.1 Å². The van der Waals surface area contributed by atoms with Gasteiger partial charge in [0.05, 0.1) is 11.3 Å². The molecule has 9 heteroatoms. The molecular weight excluding hydrogens is 376 g/mol. The number of esters is 1. The molecule has 0 radical (unpaired) electrons. The maximum atomic E-state index is 12.3. The second kappa shape index (κ2) is 9.45. The molecule has 2 aromatic carbocycles. The van der Waals surface area contributed by atoms with Crippen LogP contribution in [0.25, 0.3) is 0 Å². The summed E-state index contributed by atoms with van der Waals surface area (Å²) in [6.07, 6.45) is 0. The quantitative estimate of drug-likeness (QED) is 0.523. The number of azo groups is 1. The molecule has 0 fully saturated rings. The van der Waals surface area contributed by atoms with Crippen molar-refractivity contribution >= 4 is 29.3 Å². The van der Waals surface area contributed by atoms with E-state index in [1.807, 2.05) is 0 Å². The molecule has 0 atom stereocenters. The van der Waals surface area contributed by atoms with Crippen molar-refractivity contribution < 1.29 is 24.2 Å². The van der Waals surface area contributed by atoms with E-state index in [1.54, 1.807) is 51.1 Å². The van der Waals surface area contributed by atoms with Crippen molar-refractivity contribution in [2.75, 3.05) is 6.61 Å². The highest BCUT2D eigenvalue weighted by Crippen LogP contribution is 2.24. The van der Waals surface area contributed by atoms with Crippen molar-refractivity contribution in [3.8, 4) is 5.75 Å². The zero-order chi connectivity index (χ0) is 21.4. The minimum Gasteiger partial charge on any atom is -0.508 e. The Balaban J connectivity index is 1.98. The van der Waals surface area contributed by atoms with Gasteiger partial charge in [-0.1, -0.05) is 12.1 Å². The highest BCUT2D eigenvalue weighted by atomic mass is 16.5. The number of hydrogen-bond acceptors (Lipinski definition) is 7. The van der Waals surface area contributed by atoms with Crippen LogP contribution >= 0.6 is 0 Å². The number of urea groups is 1. The number of ether oxygens (including phenoxy) is 1. The van der Waals surface area contributed by atoms with E-state index < -0.39 is 30.1 Å². The minimum atomic E-state index is -0.781. The fraction of sp³-hybridized carbons (Fsp3) is 0.250. The number of nitrogens with zero attached hydrogens (tertiary/aromatic N) is 2. The molecule has 0 aromatic heterocycles. The summed E-state index contributed by atoms with van der Waals surface area (Å²) < 4.78 is 4.96. The lowest BCUT2D eigenvalue weighted by atomic mass is 10.1. The number of carbonyl (C=O) groups is 3. The third-order valence-corrected chi connectivity index (χ3v) is 3.32. The van der Waals surface area contributed by atoms with Gasteiger partial charge in [-0.3, -0.25) is 10.1 Å². The summed E-state index contributed by atoms with van der Waals surface area (Å²) in [7, 11) is 0. The SMILES string of the molecule is CC(C)(C)NC(=O)NC(=O)COC(=O)c1ccccc1N=Nc1ccc(O)cc1. The predicted molar refractivity (Wildman–Crippen MR) is 105 cm³/mol. The van der Waals surface area contributed by atoms with Gasteiger partial charge in [0, 0.05) is 5.54 Å². The Bertz CT molecular complexity index is 917. The van der Waals surface area contributed by atoms with Crippen LogP contribution in [0.4, 0.5) is 16.2 Å². The number of imide groups is 1. The van der Waals surface area contributed by atoms with Gasteiger partial charge in [0.15, 0.2) is 6.61 Å². The van der Waals surface area contributed by atoms with Gasteiger partial charge in [-0.15, -0.1) is 5.11 Å². The lowest BCUT2D eigenvalue weighted by Crippen LogP contribution is -2.49. The normalized spacial score (nSPS) is 11.1. The van der Waals surface area contributed by atoms with Crippen molar-refractivity contribution in [3.63, 3.8) is 0 Å². The summed E-state index contributed by atoms with van der Waals surface area (Å²) in [5, 5.41) is 21.9. The summed E-state index contributed by atoms with van der Waals surface area (Å²) in [5.74, 6) is -1.44. The number of phenolic OH excluding ortho intramolecular Hbond substituents is 1. The molecule has 9 nitrogen and oxygen atoms in total. The molecule has 2 rings (SSSR count). The van der Waals surface area contributed by atoms with Gasteiger partial charge in [-0.2, -0.15) is 5.11 Å². The summed E-state index contributed by atoms with van der Waals surface area (Å²) in [4.78, 5) is 35.7. The van der Waals surface area contributed by atoms with E-state index in [1.165, 1.54) is 18.2 Å². The average molecular weight is 398 g/mol. The average Bonchev–Trinajstić information content (AvgIpc) is 2.64. The van der Waals surface area contributed by atoms with Crippen molar-refractivity contribution in [2.24, 2.45) is 10.2 Å². The number of nitrogens with one attached hydrogen (secondary N) is 2. The Morgan fingerprint density at radius 2 is 1.66 bits per heavy atom. The lowest BCUT2D eigenvalue weighted by Gasteiger charge is -2.20. The Morgan fingerprint density at radius 3 is 2.31 bits per heavy atom. The number of carbonyl (C=O) groups excluding carboxylic acids is 3. The Hall–Kier alpha value is -3.75. The summed E-state index contributed by atoms with van der Waals surface area (Å²) >= 11 is 0. The summed E-state index contributed by atoms with van der Waals surface area (Å²) in [6.45, 7) is 4.67. The first kappa shape index (κ1) is 21.5. The van der Waals surface area contributed by atoms with E-state index in [-0.39, 0.29) is 17.0 Å². The molecule has 29 heavy (non-hydrogen) atoms. The van der Waals surface area contributed by atoms with E-state index in [4.69, 9.17) is 4.74 Å². The van der Waals surface area contributed by atoms with E-state index in [2.05, 4.69) is 20.9 Å². The number of aromatic hydroxyl groups is 1. The molecule has 152 valence electrons. The third kappa shape index (κ3) is 7.41. The van der Waals surface area contributed by atoms with Crippen molar-refractivity contribution in [1.82, 2.24) is 10.6 Å². The number of amides is 3. The maximum absolute atomic E-state index is 12.3. The highest BCUT2D eigenvalue weighted by Gasteiger charge is 2.18. The van der Waals surface area contributed by atoms with Crippen LogP contribution in [-0.2, 0) is 9.53 Å². The van der Waals surface area contributed by atoms with Gasteiger partial charge >= 0.3 is 12.0 Å². The zero-order valence-electron chi connectivity index (χ0n) is 16.3. The smallest absolute Gasteiger partial charge is 0.340 e. The molecule has 0 unspecified atom stereocenters. The molecule has 0 saturated heterocycles. The molecule has 0 aliphatic rings. The van der Waals surface area contributed by atoms with Crippen LogP contribution in [0.2, 0.25) is 0 Å². The largest absolute Gasteiger partial charge is 0.508 e. The van der Waals surface area contributed by atoms with Crippen LogP contribution in [0.5, 0.6) is 5.75 Å². The standard InChI is InChI=1S/C20H22N4O5/c1-20(2,3)22-19(28)21-17(26)12-29-18(27)15-6-4-5-7-16(15)24-23-13-8-10-14(25)11-9-13/h4-11,25H,12H2,1-3H3,(H2,21,22,26,28). The first-order chi connectivity index (χ1) is 13.6. The number of phenols is 1. The number of benzene rings is 2. The summed E-state index contributed by atoms with van der Waals surface area (Å²) in [6, 6.07) is 11.7. The van der Waals surface area contributed by atoms with Gasteiger partial charge in [0.2, 0.25) is 0 Å². The Labute approximate surface area is 167 Å². The fourth-order valence-electron chi connectivity index (χ4n) is 2.11. The van der Waals surface area contributed by atoms with Gasteiger partial charge in [-0.25, -0.2) is 9.59 Å². The number of hydrogen-bond donors (Lipinski definition) is 3. The molecule has 3 amide bonds. The molecule has 0 bridgehead atoms. The lowest BCUT2D eigenvalue weighted by molar-refractivity contribution is -0.123. The molecule has 0 saturated carbocycles. The first-order valence-electron chi connectivity index (χ1n) is 8.73. The molecular formula is C20H22N4O5. The topological polar surface area (TPSA) is 129 Å². The fourth-order valence-corrected chi connectivity index (χ4v) is 2.11. The van der Waals surface area contributed by atoms with E-state index in [0.717, 1.165) is 0 Å². The molecule has 3 N–H and O–H groups in total. The van der Waals surface area contributed by atoms with Crippen LogP contribution in [-0.4, -0.2) is 35.2 Å². The molecule has 0 spiro atoms. The van der Waals surface area contributed by atoms with Gasteiger partial charge < -0.3 is 15.2 Å². The van der Waals surface area contributed by atoms with E-state index in [0.29, 0.717) is 5.69 Å².